The Kier molecular flexibility index (Phi) is 7.38. The van der Waals surface area contributed by atoms with Crippen LogP contribution >= 0.6 is 0 Å². The highest BCUT2D eigenvalue weighted by atomic mass is 32.2. The minimum atomic E-state index is -3.82. The van der Waals surface area contributed by atoms with E-state index in [2.05, 4.69) is 10.0 Å². The first-order valence-corrected chi connectivity index (χ1v) is 9.18. The monoisotopic (exact) mass is 372 g/mol. The maximum Gasteiger partial charge on any atom is 0.338 e. The molecule has 0 bridgehead atoms. The Bertz CT molecular complexity index is 730. The number of hydrogen-bond acceptors (Lipinski definition) is 6. The Morgan fingerprint density at radius 1 is 1.20 bits per heavy atom. The van der Waals surface area contributed by atoms with E-state index in [4.69, 9.17) is 9.47 Å². The summed E-state index contributed by atoms with van der Waals surface area (Å²) in [6.07, 6.45) is 0. The van der Waals surface area contributed by atoms with Gasteiger partial charge in [-0.05, 0) is 38.1 Å². The van der Waals surface area contributed by atoms with E-state index in [-0.39, 0.29) is 28.2 Å². The number of methoxy groups -OCH3 is 1. The zero-order valence-electron chi connectivity index (χ0n) is 15.0. The molecule has 9 heteroatoms. The minimum Gasteiger partial charge on any atom is -0.495 e. The molecule has 1 aromatic rings. The van der Waals surface area contributed by atoms with Crippen LogP contribution in [0.4, 0.5) is 0 Å². The number of rotatable bonds is 8. The van der Waals surface area contributed by atoms with Gasteiger partial charge in [-0.15, -0.1) is 0 Å². The lowest BCUT2D eigenvalue weighted by Gasteiger charge is -2.17. The average molecular weight is 372 g/mol. The number of hydrogen-bond donors (Lipinski definition) is 2. The van der Waals surface area contributed by atoms with E-state index >= 15 is 0 Å². The molecule has 0 aliphatic carbocycles. The summed E-state index contributed by atoms with van der Waals surface area (Å²) in [5.74, 6) is -0.890. The van der Waals surface area contributed by atoms with Gasteiger partial charge in [0.25, 0.3) is 5.91 Å². The van der Waals surface area contributed by atoms with Crippen molar-refractivity contribution in [3.63, 3.8) is 0 Å². The van der Waals surface area contributed by atoms with Crippen molar-refractivity contribution < 1.29 is 27.5 Å². The molecule has 0 unspecified atom stereocenters. The highest BCUT2D eigenvalue weighted by Crippen LogP contribution is 2.24. The molecule has 0 spiro atoms. The lowest BCUT2D eigenvalue weighted by molar-refractivity contribution is -0.125. The Labute approximate surface area is 147 Å². The van der Waals surface area contributed by atoms with E-state index in [0.29, 0.717) is 0 Å². The van der Waals surface area contributed by atoms with Crippen molar-refractivity contribution in [1.82, 2.24) is 10.0 Å². The van der Waals surface area contributed by atoms with Crippen molar-refractivity contribution >= 4 is 21.9 Å². The molecule has 0 aromatic heterocycles. The fourth-order valence-electron chi connectivity index (χ4n) is 1.80. The molecule has 0 saturated carbocycles. The van der Waals surface area contributed by atoms with Crippen LogP contribution in [0.25, 0.3) is 0 Å². The smallest absolute Gasteiger partial charge is 0.338 e. The van der Waals surface area contributed by atoms with E-state index in [9.17, 15) is 18.0 Å². The molecule has 1 rings (SSSR count). The number of esters is 1. The molecule has 0 saturated heterocycles. The number of benzene rings is 1. The van der Waals surface area contributed by atoms with Crippen molar-refractivity contribution in [3.05, 3.63) is 23.8 Å². The van der Waals surface area contributed by atoms with Gasteiger partial charge in [0.05, 0.1) is 12.7 Å². The molecule has 1 atom stereocenters. The first-order chi connectivity index (χ1) is 11.6. The maximum absolute atomic E-state index is 12.1. The summed E-state index contributed by atoms with van der Waals surface area (Å²) in [4.78, 5) is 23.6. The molecule has 8 nitrogen and oxygen atoms in total. The second kappa shape index (κ2) is 8.82. The van der Waals surface area contributed by atoms with Crippen LogP contribution in [0.1, 0.15) is 31.1 Å². The topological polar surface area (TPSA) is 111 Å². The number of sulfonamides is 1. The summed E-state index contributed by atoms with van der Waals surface area (Å²) < 4.78 is 36.1. The Balaban J connectivity index is 2.86. The van der Waals surface area contributed by atoms with Crippen molar-refractivity contribution in [3.8, 4) is 5.75 Å². The Morgan fingerprint density at radius 3 is 2.36 bits per heavy atom. The van der Waals surface area contributed by atoms with Crippen LogP contribution in [0, 0.1) is 5.92 Å². The minimum absolute atomic E-state index is 0.000618. The van der Waals surface area contributed by atoms with E-state index in [0.717, 1.165) is 6.07 Å². The summed E-state index contributed by atoms with van der Waals surface area (Å²) in [5, 5.41) is 2.71. The van der Waals surface area contributed by atoms with E-state index < -0.39 is 28.5 Å². The SMILES string of the molecule is CNS(=O)(=O)c1cc(C(=O)OCC(=O)N[C@H](C)C(C)C)ccc1OC. The molecule has 1 aromatic carbocycles. The highest BCUT2D eigenvalue weighted by molar-refractivity contribution is 7.89. The molecule has 1 amide bonds. The van der Waals surface area contributed by atoms with Gasteiger partial charge in [-0.25, -0.2) is 17.9 Å². The largest absolute Gasteiger partial charge is 0.495 e. The van der Waals surface area contributed by atoms with Gasteiger partial charge in [-0.2, -0.15) is 0 Å². The van der Waals surface area contributed by atoms with E-state index in [1.54, 1.807) is 0 Å². The second-order valence-electron chi connectivity index (χ2n) is 5.75. The summed E-state index contributed by atoms with van der Waals surface area (Å²) in [5.41, 5.74) is -0.000618. The molecule has 0 aliphatic rings. The number of carbonyl (C=O) groups is 2. The van der Waals surface area contributed by atoms with E-state index in [1.807, 2.05) is 20.8 Å². The zero-order chi connectivity index (χ0) is 19.2. The predicted molar refractivity (Wildman–Crippen MR) is 92.0 cm³/mol. The van der Waals surface area contributed by atoms with Gasteiger partial charge >= 0.3 is 5.97 Å². The highest BCUT2D eigenvalue weighted by Gasteiger charge is 2.21. The van der Waals surface area contributed by atoms with Crippen LogP contribution in [0.5, 0.6) is 5.75 Å². The van der Waals surface area contributed by atoms with Crippen molar-refractivity contribution in [2.24, 2.45) is 5.92 Å². The van der Waals surface area contributed by atoms with Crippen LogP contribution in [-0.2, 0) is 19.6 Å². The molecule has 0 heterocycles. The van der Waals surface area contributed by atoms with Crippen molar-refractivity contribution in [2.75, 3.05) is 20.8 Å². The van der Waals surface area contributed by atoms with E-state index in [1.165, 1.54) is 26.3 Å². The van der Waals surface area contributed by atoms with Gasteiger partial charge in [-0.3, -0.25) is 4.79 Å². The van der Waals surface area contributed by atoms with Crippen molar-refractivity contribution in [2.45, 2.75) is 31.7 Å². The third kappa shape index (κ3) is 5.71. The van der Waals surface area contributed by atoms with Gasteiger partial charge < -0.3 is 14.8 Å². The normalized spacial score (nSPS) is 12.6. The van der Waals surface area contributed by atoms with Gasteiger partial charge in [0.15, 0.2) is 6.61 Å². The quantitative estimate of drug-likeness (QED) is 0.657. The van der Waals surface area contributed by atoms with Gasteiger partial charge in [-0.1, -0.05) is 13.8 Å². The third-order valence-corrected chi connectivity index (χ3v) is 5.12. The fraction of sp³-hybridized carbons (Fsp3) is 0.500. The fourth-order valence-corrected chi connectivity index (χ4v) is 2.72. The predicted octanol–water partition coefficient (Wildman–Crippen LogP) is 0.921. The maximum atomic E-state index is 12.1. The lowest BCUT2D eigenvalue weighted by atomic mass is 10.1. The van der Waals surface area contributed by atoms with Crippen LogP contribution in [0.3, 0.4) is 0 Å². The standard InChI is InChI=1S/C16H24N2O6S/c1-10(2)11(3)18-15(19)9-24-16(20)12-6-7-13(23-5)14(8-12)25(21,22)17-4/h6-8,10-11,17H,9H2,1-5H3,(H,18,19)/t11-/m1/s1. The molecule has 140 valence electrons. The van der Waals surface area contributed by atoms with Gasteiger partial charge in [0.1, 0.15) is 10.6 Å². The molecule has 25 heavy (non-hydrogen) atoms. The first kappa shape index (κ1) is 20.9. The molecular weight excluding hydrogens is 348 g/mol. The zero-order valence-corrected chi connectivity index (χ0v) is 15.8. The molecular formula is C16H24N2O6S. The van der Waals surface area contributed by atoms with Crippen LogP contribution in [0.2, 0.25) is 0 Å². The Morgan fingerprint density at radius 2 is 1.84 bits per heavy atom. The molecule has 2 N–H and O–H groups in total. The average Bonchev–Trinajstić information content (AvgIpc) is 2.58. The summed E-state index contributed by atoms with van der Waals surface area (Å²) in [6.45, 7) is 5.31. The summed E-state index contributed by atoms with van der Waals surface area (Å²) >= 11 is 0. The number of ether oxygens (including phenoxy) is 2. The molecule has 0 aliphatic heterocycles. The summed E-state index contributed by atoms with van der Waals surface area (Å²) in [6, 6.07) is 3.80. The second-order valence-corrected chi connectivity index (χ2v) is 7.60. The number of amides is 1. The molecule has 0 radical (unpaired) electrons. The number of nitrogens with one attached hydrogen (secondary N) is 2. The number of carbonyl (C=O) groups excluding carboxylic acids is 2. The lowest BCUT2D eigenvalue weighted by Crippen LogP contribution is -2.38. The molecule has 0 fully saturated rings. The first-order valence-electron chi connectivity index (χ1n) is 7.70. The van der Waals surface area contributed by atoms with Crippen molar-refractivity contribution in [1.29, 1.82) is 0 Å². The van der Waals surface area contributed by atoms with Gasteiger partial charge in [0, 0.05) is 6.04 Å². The Hall–Kier alpha value is -2.13. The van der Waals surface area contributed by atoms with Crippen LogP contribution < -0.4 is 14.8 Å². The van der Waals surface area contributed by atoms with Gasteiger partial charge in [0.2, 0.25) is 10.0 Å². The summed E-state index contributed by atoms with van der Waals surface area (Å²) in [7, 11) is -1.24. The third-order valence-electron chi connectivity index (χ3n) is 3.68. The van der Waals surface area contributed by atoms with Crippen LogP contribution in [-0.4, -0.2) is 47.1 Å². The van der Waals surface area contributed by atoms with Crippen LogP contribution in [0.15, 0.2) is 23.1 Å².